The van der Waals surface area contributed by atoms with Crippen molar-refractivity contribution in [2.24, 2.45) is 11.3 Å². The number of hydrogen-bond donors (Lipinski definition) is 1. The smallest absolute Gasteiger partial charge is 0.229 e. The van der Waals surface area contributed by atoms with E-state index in [9.17, 15) is 9.18 Å². The third-order valence-corrected chi connectivity index (χ3v) is 7.54. The molecule has 34 heavy (non-hydrogen) atoms. The molecule has 0 saturated carbocycles. The zero-order valence-corrected chi connectivity index (χ0v) is 19.8. The van der Waals surface area contributed by atoms with Crippen LogP contribution in [0.1, 0.15) is 24.0 Å². The van der Waals surface area contributed by atoms with E-state index in [2.05, 4.69) is 28.2 Å². The van der Waals surface area contributed by atoms with Gasteiger partial charge in [0.1, 0.15) is 5.82 Å². The Labute approximate surface area is 200 Å². The van der Waals surface area contributed by atoms with Crippen molar-refractivity contribution in [2.75, 3.05) is 46.4 Å². The number of fused-ring (bicyclic) bond motifs is 1. The number of aromatic nitrogens is 2. The Hall–Kier alpha value is -2.77. The second-order valence-electron chi connectivity index (χ2n) is 10.0. The number of ether oxygens (including phenoxy) is 1. The molecule has 2 aromatic carbocycles. The van der Waals surface area contributed by atoms with Gasteiger partial charge in [-0.1, -0.05) is 24.3 Å². The molecule has 1 atom stereocenters. The van der Waals surface area contributed by atoms with Crippen LogP contribution in [-0.4, -0.2) is 72.3 Å². The molecular weight excluding hydrogens is 431 g/mol. The summed E-state index contributed by atoms with van der Waals surface area (Å²) in [5, 5.41) is 8.35. The Morgan fingerprint density at radius 2 is 2.03 bits per heavy atom. The predicted octanol–water partition coefficient (Wildman–Crippen LogP) is 3.67. The van der Waals surface area contributed by atoms with Gasteiger partial charge in [0.2, 0.25) is 5.91 Å². The average molecular weight is 465 g/mol. The van der Waals surface area contributed by atoms with Gasteiger partial charge >= 0.3 is 0 Å². The number of benzene rings is 2. The summed E-state index contributed by atoms with van der Waals surface area (Å²) in [7, 11) is 2.10. The Morgan fingerprint density at radius 1 is 1.21 bits per heavy atom. The first-order valence-corrected chi connectivity index (χ1v) is 12.2. The first kappa shape index (κ1) is 23.0. The van der Waals surface area contributed by atoms with E-state index in [1.165, 1.54) is 11.6 Å². The number of piperidine rings is 1. The minimum atomic E-state index is -0.500. The van der Waals surface area contributed by atoms with E-state index in [4.69, 9.17) is 4.74 Å². The summed E-state index contributed by atoms with van der Waals surface area (Å²) in [5.74, 6) is 0.163. The zero-order valence-electron chi connectivity index (χ0n) is 19.8. The molecule has 2 aliphatic rings. The van der Waals surface area contributed by atoms with Crippen molar-refractivity contribution in [3.05, 3.63) is 65.6 Å². The van der Waals surface area contributed by atoms with Crippen LogP contribution in [0, 0.1) is 17.2 Å². The molecule has 0 radical (unpaired) electrons. The molecule has 1 N–H and O–H groups in total. The predicted molar refractivity (Wildman–Crippen MR) is 130 cm³/mol. The summed E-state index contributed by atoms with van der Waals surface area (Å²) in [6.07, 6.45) is 4.86. The van der Waals surface area contributed by atoms with E-state index in [1.807, 2.05) is 29.3 Å². The molecule has 7 heteroatoms. The molecule has 0 unspecified atom stereocenters. The molecule has 3 heterocycles. The van der Waals surface area contributed by atoms with E-state index >= 15 is 0 Å². The van der Waals surface area contributed by atoms with Crippen LogP contribution in [0.5, 0.6) is 0 Å². The third kappa shape index (κ3) is 4.86. The van der Waals surface area contributed by atoms with Gasteiger partial charge < -0.3 is 14.5 Å². The van der Waals surface area contributed by atoms with Gasteiger partial charge in [0.05, 0.1) is 30.3 Å². The van der Waals surface area contributed by atoms with Crippen LogP contribution in [0.4, 0.5) is 4.39 Å². The SMILES string of the molecule is CN1CCC(Cc2cccc(F)c2)(C(=O)N2CCOC[C@@H](Cc3cccc4[nH]ncc34)C2)CC1. The first-order chi connectivity index (χ1) is 16.5. The van der Waals surface area contributed by atoms with E-state index in [1.54, 1.807) is 12.1 Å². The van der Waals surface area contributed by atoms with Crippen LogP contribution in [0.15, 0.2) is 48.7 Å². The van der Waals surface area contributed by atoms with Crippen LogP contribution in [-0.2, 0) is 22.4 Å². The number of nitrogens with one attached hydrogen (secondary N) is 1. The van der Waals surface area contributed by atoms with Gasteiger partial charge in [-0.2, -0.15) is 5.10 Å². The van der Waals surface area contributed by atoms with Crippen LogP contribution in [0.3, 0.4) is 0 Å². The zero-order chi connectivity index (χ0) is 23.5. The lowest BCUT2D eigenvalue weighted by molar-refractivity contribution is -0.145. The molecule has 0 aliphatic carbocycles. The molecule has 0 bridgehead atoms. The Balaban J connectivity index is 1.37. The van der Waals surface area contributed by atoms with E-state index in [0.717, 1.165) is 48.8 Å². The number of aromatic amines is 1. The minimum Gasteiger partial charge on any atom is -0.379 e. The number of rotatable bonds is 5. The molecule has 1 aromatic heterocycles. The second kappa shape index (κ2) is 9.84. The summed E-state index contributed by atoms with van der Waals surface area (Å²) in [6.45, 7) is 4.21. The fraction of sp³-hybridized carbons (Fsp3) is 0.481. The highest BCUT2D eigenvalue weighted by molar-refractivity contribution is 5.84. The van der Waals surface area contributed by atoms with Gasteiger partial charge in [-0.25, -0.2) is 4.39 Å². The highest BCUT2D eigenvalue weighted by atomic mass is 19.1. The van der Waals surface area contributed by atoms with Crippen molar-refractivity contribution in [3.8, 4) is 0 Å². The minimum absolute atomic E-state index is 0.196. The second-order valence-corrected chi connectivity index (χ2v) is 10.0. The Bertz CT molecular complexity index is 1140. The number of carbonyl (C=O) groups excluding carboxylic acids is 1. The molecule has 3 aromatic rings. The number of carbonyl (C=O) groups is 1. The first-order valence-electron chi connectivity index (χ1n) is 12.2. The van der Waals surface area contributed by atoms with Crippen molar-refractivity contribution in [1.82, 2.24) is 20.0 Å². The lowest BCUT2D eigenvalue weighted by Crippen LogP contribution is -2.52. The number of halogens is 1. The maximum absolute atomic E-state index is 14.1. The monoisotopic (exact) mass is 464 g/mol. The maximum atomic E-state index is 14.1. The number of hydrogen-bond acceptors (Lipinski definition) is 4. The largest absolute Gasteiger partial charge is 0.379 e. The van der Waals surface area contributed by atoms with Crippen LogP contribution >= 0.6 is 0 Å². The molecule has 1 amide bonds. The quantitative estimate of drug-likeness (QED) is 0.626. The van der Waals surface area contributed by atoms with Crippen molar-refractivity contribution >= 4 is 16.8 Å². The summed E-state index contributed by atoms with van der Waals surface area (Å²) in [6, 6.07) is 12.9. The highest BCUT2D eigenvalue weighted by Crippen LogP contribution is 2.38. The highest BCUT2D eigenvalue weighted by Gasteiger charge is 2.43. The van der Waals surface area contributed by atoms with Crippen molar-refractivity contribution < 1.29 is 13.9 Å². The Kier molecular flexibility index (Phi) is 6.66. The summed E-state index contributed by atoms with van der Waals surface area (Å²) in [4.78, 5) is 18.4. The summed E-state index contributed by atoms with van der Waals surface area (Å²) >= 11 is 0. The van der Waals surface area contributed by atoms with E-state index in [-0.39, 0.29) is 17.6 Å². The standard InChI is InChI=1S/C27H33FN4O2/c1-31-10-8-27(9-11-31,16-20-4-2-6-23(28)15-20)26(33)32-12-13-34-19-21(18-32)14-22-5-3-7-25-24(22)17-29-30-25/h2-7,15,17,21H,8-14,16,18-19H2,1H3,(H,29,30)/t21-/m0/s1. The normalized spacial score (nSPS) is 21.5. The van der Waals surface area contributed by atoms with Crippen molar-refractivity contribution in [1.29, 1.82) is 0 Å². The molecule has 0 spiro atoms. The molecule has 2 fully saturated rings. The molecule has 6 nitrogen and oxygen atoms in total. The third-order valence-electron chi connectivity index (χ3n) is 7.54. The Morgan fingerprint density at radius 3 is 2.85 bits per heavy atom. The molecule has 5 rings (SSSR count). The number of likely N-dealkylation sites (tertiary alicyclic amines) is 1. The fourth-order valence-corrected chi connectivity index (χ4v) is 5.59. The van der Waals surface area contributed by atoms with Crippen molar-refractivity contribution in [2.45, 2.75) is 25.7 Å². The number of nitrogens with zero attached hydrogens (tertiary/aromatic N) is 3. The lowest BCUT2D eigenvalue weighted by Gasteiger charge is -2.42. The van der Waals surface area contributed by atoms with Gasteiger partial charge in [-0.3, -0.25) is 9.89 Å². The summed E-state index contributed by atoms with van der Waals surface area (Å²) < 4.78 is 19.9. The molecule has 180 valence electrons. The number of amides is 1. The molecular formula is C27H33FN4O2. The molecule has 2 aliphatic heterocycles. The van der Waals surface area contributed by atoms with Crippen molar-refractivity contribution in [3.63, 3.8) is 0 Å². The fourth-order valence-electron chi connectivity index (χ4n) is 5.59. The summed E-state index contributed by atoms with van der Waals surface area (Å²) in [5.41, 5.74) is 2.65. The van der Waals surface area contributed by atoms with Crippen LogP contribution in [0.25, 0.3) is 10.9 Å². The van der Waals surface area contributed by atoms with E-state index in [0.29, 0.717) is 32.7 Å². The van der Waals surface area contributed by atoms with Gasteiger partial charge in [-0.15, -0.1) is 0 Å². The topological polar surface area (TPSA) is 61.5 Å². The van der Waals surface area contributed by atoms with E-state index < -0.39 is 5.41 Å². The average Bonchev–Trinajstić information content (AvgIpc) is 3.20. The van der Waals surface area contributed by atoms with Crippen LogP contribution < -0.4 is 0 Å². The molecule has 2 saturated heterocycles. The van der Waals surface area contributed by atoms with Gasteiger partial charge in [-0.05, 0) is 75.1 Å². The number of H-pyrrole nitrogens is 1. The van der Waals surface area contributed by atoms with Crippen LogP contribution in [0.2, 0.25) is 0 Å². The maximum Gasteiger partial charge on any atom is 0.229 e. The lowest BCUT2D eigenvalue weighted by atomic mass is 9.72. The van der Waals surface area contributed by atoms with Gasteiger partial charge in [0.25, 0.3) is 0 Å². The van der Waals surface area contributed by atoms with Gasteiger partial charge in [0, 0.05) is 24.4 Å². The van der Waals surface area contributed by atoms with Gasteiger partial charge in [0.15, 0.2) is 0 Å².